The van der Waals surface area contributed by atoms with Gasteiger partial charge in [-0.15, -0.1) is 0 Å². The van der Waals surface area contributed by atoms with Gasteiger partial charge >= 0.3 is 5.97 Å². The van der Waals surface area contributed by atoms with Crippen molar-refractivity contribution in [1.82, 2.24) is 4.98 Å². The maximum absolute atomic E-state index is 14.2. The molecule has 3 N–H and O–H groups in total. The Morgan fingerprint density at radius 2 is 1.90 bits per heavy atom. The highest BCUT2D eigenvalue weighted by Gasteiger charge is 2.14. The molecular formula is C16H12FNO3. The molecule has 0 saturated carbocycles. The summed E-state index contributed by atoms with van der Waals surface area (Å²) < 4.78 is 14.2. The number of benzene rings is 2. The van der Waals surface area contributed by atoms with Gasteiger partial charge < -0.3 is 15.2 Å². The summed E-state index contributed by atoms with van der Waals surface area (Å²) in [4.78, 5) is 13.9. The molecule has 0 radical (unpaired) electrons. The van der Waals surface area contributed by atoms with Gasteiger partial charge in [0.1, 0.15) is 5.82 Å². The van der Waals surface area contributed by atoms with E-state index in [9.17, 15) is 9.18 Å². The lowest BCUT2D eigenvalue weighted by Gasteiger charge is -2.06. The van der Waals surface area contributed by atoms with Crippen molar-refractivity contribution >= 4 is 16.9 Å². The normalized spacial score (nSPS) is 11.0. The van der Waals surface area contributed by atoms with Crippen molar-refractivity contribution in [2.45, 2.75) is 6.61 Å². The first-order chi connectivity index (χ1) is 10.1. The number of rotatable bonds is 3. The number of aliphatic hydroxyl groups is 1. The Morgan fingerprint density at radius 3 is 2.52 bits per heavy atom. The summed E-state index contributed by atoms with van der Waals surface area (Å²) in [6.45, 7) is -0.0806. The van der Waals surface area contributed by atoms with Crippen LogP contribution in [-0.4, -0.2) is 21.2 Å². The van der Waals surface area contributed by atoms with Gasteiger partial charge in [-0.05, 0) is 23.3 Å². The van der Waals surface area contributed by atoms with Gasteiger partial charge in [-0.2, -0.15) is 0 Å². The lowest BCUT2D eigenvalue weighted by atomic mass is 10.0. The average Bonchev–Trinajstić information content (AvgIpc) is 2.89. The smallest absolute Gasteiger partial charge is 0.337 e. The number of carboxylic acid groups (broad SMARTS) is 1. The van der Waals surface area contributed by atoms with Crippen molar-refractivity contribution in [2.24, 2.45) is 0 Å². The second-order valence-electron chi connectivity index (χ2n) is 4.74. The van der Waals surface area contributed by atoms with Crippen molar-refractivity contribution in [3.05, 3.63) is 59.5 Å². The number of aliphatic hydroxyl groups excluding tert-OH is 1. The molecule has 4 nitrogen and oxygen atoms in total. The quantitative estimate of drug-likeness (QED) is 0.692. The molecule has 3 rings (SSSR count). The van der Waals surface area contributed by atoms with Crippen LogP contribution in [0, 0.1) is 5.82 Å². The van der Waals surface area contributed by atoms with Crippen LogP contribution in [0.5, 0.6) is 0 Å². The second kappa shape index (κ2) is 5.03. The molecule has 0 aliphatic carbocycles. The van der Waals surface area contributed by atoms with E-state index >= 15 is 0 Å². The van der Waals surface area contributed by atoms with Gasteiger partial charge in [-0.3, -0.25) is 0 Å². The molecule has 2 aromatic carbocycles. The molecule has 1 aromatic heterocycles. The third-order valence-corrected chi connectivity index (χ3v) is 3.45. The highest BCUT2D eigenvalue weighted by Crippen LogP contribution is 2.29. The fourth-order valence-electron chi connectivity index (χ4n) is 2.33. The number of halogens is 1. The highest BCUT2D eigenvalue weighted by molar-refractivity contribution is 6.04. The molecule has 5 heteroatoms. The number of aromatic nitrogens is 1. The van der Waals surface area contributed by atoms with E-state index in [1.807, 2.05) is 0 Å². The van der Waals surface area contributed by atoms with Crippen LogP contribution in [0.4, 0.5) is 4.39 Å². The number of hydrogen-bond donors (Lipinski definition) is 3. The van der Waals surface area contributed by atoms with Crippen LogP contribution in [0.1, 0.15) is 15.9 Å². The minimum absolute atomic E-state index is 0.0806. The van der Waals surface area contributed by atoms with E-state index in [0.717, 1.165) is 5.56 Å². The van der Waals surface area contributed by atoms with Crippen LogP contribution in [0.3, 0.4) is 0 Å². The molecule has 0 aliphatic heterocycles. The Hall–Kier alpha value is -2.66. The molecule has 0 bridgehead atoms. The molecule has 0 unspecified atom stereocenters. The summed E-state index contributed by atoms with van der Waals surface area (Å²) in [5.41, 5.74) is 2.24. The van der Waals surface area contributed by atoms with Crippen LogP contribution < -0.4 is 0 Å². The summed E-state index contributed by atoms with van der Waals surface area (Å²) in [7, 11) is 0. The van der Waals surface area contributed by atoms with Gasteiger partial charge in [0.15, 0.2) is 0 Å². The lowest BCUT2D eigenvalue weighted by molar-refractivity contribution is 0.0699. The first kappa shape index (κ1) is 13.3. The van der Waals surface area contributed by atoms with Gasteiger partial charge in [0.2, 0.25) is 0 Å². The Kier molecular flexibility index (Phi) is 3.19. The monoisotopic (exact) mass is 285 g/mol. The summed E-state index contributed by atoms with van der Waals surface area (Å²) in [5.74, 6) is -1.49. The van der Waals surface area contributed by atoms with Gasteiger partial charge in [0, 0.05) is 22.7 Å². The Balaban J connectivity index is 2.18. The zero-order valence-electron chi connectivity index (χ0n) is 10.9. The number of carboxylic acids is 1. The van der Waals surface area contributed by atoms with Crippen molar-refractivity contribution < 1.29 is 19.4 Å². The molecular weight excluding hydrogens is 273 g/mol. The summed E-state index contributed by atoms with van der Waals surface area (Å²) in [5, 5.41) is 18.6. The number of aromatic amines is 1. The number of H-pyrrole nitrogens is 1. The van der Waals surface area contributed by atoms with Gasteiger partial charge in [-0.1, -0.05) is 24.3 Å². The maximum Gasteiger partial charge on any atom is 0.337 e. The zero-order chi connectivity index (χ0) is 15.0. The molecule has 3 aromatic rings. The average molecular weight is 285 g/mol. The van der Waals surface area contributed by atoms with Crippen LogP contribution in [0.2, 0.25) is 0 Å². The molecule has 0 atom stereocenters. The largest absolute Gasteiger partial charge is 0.478 e. The van der Waals surface area contributed by atoms with Crippen LogP contribution in [0.25, 0.3) is 22.0 Å². The number of hydrogen-bond acceptors (Lipinski definition) is 2. The molecule has 0 saturated heterocycles. The third-order valence-electron chi connectivity index (χ3n) is 3.45. The van der Waals surface area contributed by atoms with E-state index in [1.165, 1.54) is 18.3 Å². The maximum atomic E-state index is 14.2. The van der Waals surface area contributed by atoms with Crippen molar-refractivity contribution in [2.75, 3.05) is 0 Å². The Bertz CT molecular complexity index is 821. The molecule has 0 spiro atoms. The Labute approximate surface area is 119 Å². The highest BCUT2D eigenvalue weighted by atomic mass is 19.1. The fourth-order valence-corrected chi connectivity index (χ4v) is 2.33. The van der Waals surface area contributed by atoms with E-state index in [1.54, 1.807) is 24.3 Å². The standard InChI is InChI=1S/C16H12FNO3/c17-14-6-15-12(13(7-18-15)16(20)21)5-11(14)10-3-1-9(8-19)2-4-10/h1-7,18-19H,8H2,(H,20,21). The Morgan fingerprint density at radius 1 is 1.19 bits per heavy atom. The lowest BCUT2D eigenvalue weighted by Crippen LogP contribution is -1.94. The van der Waals surface area contributed by atoms with E-state index < -0.39 is 11.8 Å². The van der Waals surface area contributed by atoms with Crippen LogP contribution in [0.15, 0.2) is 42.6 Å². The van der Waals surface area contributed by atoms with Crippen LogP contribution in [-0.2, 0) is 6.61 Å². The predicted molar refractivity (Wildman–Crippen MR) is 76.6 cm³/mol. The zero-order valence-corrected chi connectivity index (χ0v) is 10.9. The first-order valence-corrected chi connectivity index (χ1v) is 6.34. The number of carbonyl (C=O) groups is 1. The van der Waals surface area contributed by atoms with Crippen molar-refractivity contribution in [3.63, 3.8) is 0 Å². The van der Waals surface area contributed by atoms with Crippen molar-refractivity contribution in [3.8, 4) is 11.1 Å². The van der Waals surface area contributed by atoms with E-state index in [-0.39, 0.29) is 12.2 Å². The summed E-state index contributed by atoms with van der Waals surface area (Å²) in [6, 6.07) is 9.61. The van der Waals surface area contributed by atoms with Gasteiger partial charge in [0.05, 0.1) is 12.2 Å². The molecule has 0 amide bonds. The third kappa shape index (κ3) is 2.28. The van der Waals surface area contributed by atoms with Crippen LogP contribution >= 0.6 is 0 Å². The van der Waals surface area contributed by atoms with Gasteiger partial charge in [0.25, 0.3) is 0 Å². The van der Waals surface area contributed by atoms with E-state index in [0.29, 0.717) is 22.0 Å². The van der Waals surface area contributed by atoms with E-state index in [2.05, 4.69) is 4.98 Å². The topological polar surface area (TPSA) is 73.3 Å². The minimum Gasteiger partial charge on any atom is -0.478 e. The number of fused-ring (bicyclic) bond motifs is 1. The molecule has 21 heavy (non-hydrogen) atoms. The summed E-state index contributed by atoms with van der Waals surface area (Å²) in [6.07, 6.45) is 1.35. The molecule has 0 aliphatic rings. The number of aromatic carboxylic acids is 1. The van der Waals surface area contributed by atoms with Crippen molar-refractivity contribution in [1.29, 1.82) is 0 Å². The fraction of sp³-hybridized carbons (Fsp3) is 0.0625. The molecule has 1 heterocycles. The minimum atomic E-state index is -1.06. The van der Waals surface area contributed by atoms with Gasteiger partial charge in [-0.25, -0.2) is 9.18 Å². The number of nitrogens with one attached hydrogen (secondary N) is 1. The second-order valence-corrected chi connectivity index (χ2v) is 4.74. The predicted octanol–water partition coefficient (Wildman–Crippen LogP) is 3.16. The van der Waals surface area contributed by atoms with E-state index in [4.69, 9.17) is 10.2 Å². The SMILES string of the molecule is O=C(O)c1c[nH]c2cc(F)c(-c3ccc(CO)cc3)cc12. The summed E-state index contributed by atoms with van der Waals surface area (Å²) >= 11 is 0. The first-order valence-electron chi connectivity index (χ1n) is 6.34. The molecule has 106 valence electrons. The molecule has 0 fully saturated rings.